The van der Waals surface area contributed by atoms with Gasteiger partial charge < -0.3 is 9.47 Å². The van der Waals surface area contributed by atoms with Crippen molar-refractivity contribution >= 4 is 11.8 Å². The highest BCUT2D eigenvalue weighted by atomic mass is 32.2. The van der Waals surface area contributed by atoms with E-state index in [-0.39, 0.29) is 0 Å². The van der Waals surface area contributed by atoms with Gasteiger partial charge in [0.1, 0.15) is 11.5 Å². The molecule has 0 unspecified atom stereocenters. The molecule has 0 aliphatic rings. The number of halogens is 3. The second-order valence-corrected chi connectivity index (χ2v) is 6.37. The molecule has 2 rings (SSSR count). The van der Waals surface area contributed by atoms with Crippen LogP contribution < -0.4 is 9.47 Å². The van der Waals surface area contributed by atoms with Crippen LogP contribution in [0, 0.1) is 6.92 Å². The molecule has 0 radical (unpaired) electrons. The number of benzene rings is 2. The van der Waals surface area contributed by atoms with Gasteiger partial charge in [-0.25, -0.2) is 0 Å². The predicted octanol–water partition coefficient (Wildman–Crippen LogP) is 5.58. The molecule has 0 aromatic heterocycles. The fourth-order valence-corrected chi connectivity index (χ4v) is 3.04. The van der Waals surface area contributed by atoms with Gasteiger partial charge in [-0.05, 0) is 61.4 Å². The van der Waals surface area contributed by atoms with Crippen molar-refractivity contribution in [3.63, 3.8) is 0 Å². The van der Waals surface area contributed by atoms with E-state index in [1.165, 1.54) is 12.1 Å². The van der Waals surface area contributed by atoms with E-state index < -0.39 is 11.7 Å². The highest BCUT2D eigenvalue weighted by molar-refractivity contribution is 7.99. The van der Waals surface area contributed by atoms with E-state index in [4.69, 9.17) is 9.47 Å². The molecule has 2 nitrogen and oxygen atoms in total. The summed E-state index contributed by atoms with van der Waals surface area (Å²) in [6.45, 7) is 2.46. The predicted molar refractivity (Wildman–Crippen MR) is 90.0 cm³/mol. The zero-order chi connectivity index (χ0) is 17.6. The standard InChI is InChI=1S/C18H19F3O2S/c1-13-12-16(8-9-17(13)22-2)24-11-3-10-23-15-6-4-14(5-7-15)18(19,20)21/h4-9,12H,3,10-11H2,1-2H3. The summed E-state index contributed by atoms with van der Waals surface area (Å²) in [5.41, 5.74) is 0.420. The second-order valence-electron chi connectivity index (χ2n) is 5.20. The highest BCUT2D eigenvalue weighted by Crippen LogP contribution is 2.30. The van der Waals surface area contributed by atoms with Crippen molar-refractivity contribution in [1.82, 2.24) is 0 Å². The monoisotopic (exact) mass is 356 g/mol. The van der Waals surface area contributed by atoms with E-state index in [1.54, 1.807) is 18.9 Å². The number of rotatable bonds is 7. The van der Waals surface area contributed by atoms with Gasteiger partial charge in [-0.15, -0.1) is 11.8 Å². The minimum absolute atomic E-state index is 0.452. The van der Waals surface area contributed by atoms with Crippen LogP contribution in [0.1, 0.15) is 17.5 Å². The van der Waals surface area contributed by atoms with Gasteiger partial charge in [-0.2, -0.15) is 13.2 Å². The molecular formula is C18H19F3O2S. The number of aryl methyl sites for hydroxylation is 1. The molecule has 0 amide bonds. The van der Waals surface area contributed by atoms with Crippen LogP contribution >= 0.6 is 11.8 Å². The summed E-state index contributed by atoms with van der Waals surface area (Å²) < 4.78 is 48.1. The zero-order valence-corrected chi connectivity index (χ0v) is 14.3. The lowest BCUT2D eigenvalue weighted by atomic mass is 10.2. The zero-order valence-electron chi connectivity index (χ0n) is 13.5. The summed E-state index contributed by atoms with van der Waals surface area (Å²) in [7, 11) is 1.65. The van der Waals surface area contributed by atoms with Crippen molar-refractivity contribution in [2.45, 2.75) is 24.4 Å². The second kappa shape index (κ2) is 8.33. The first-order chi connectivity index (χ1) is 11.4. The van der Waals surface area contributed by atoms with Crippen LogP contribution in [-0.4, -0.2) is 19.5 Å². The van der Waals surface area contributed by atoms with Gasteiger partial charge in [0.2, 0.25) is 0 Å². The molecule has 2 aromatic carbocycles. The Morgan fingerprint density at radius 2 is 1.75 bits per heavy atom. The summed E-state index contributed by atoms with van der Waals surface area (Å²) in [5.74, 6) is 2.19. The number of hydrogen-bond donors (Lipinski definition) is 0. The summed E-state index contributed by atoms with van der Waals surface area (Å²) in [5, 5.41) is 0. The molecule has 130 valence electrons. The maximum atomic E-state index is 12.5. The smallest absolute Gasteiger partial charge is 0.416 e. The summed E-state index contributed by atoms with van der Waals surface area (Å²) in [6.07, 6.45) is -3.51. The first kappa shape index (κ1) is 18.5. The van der Waals surface area contributed by atoms with Crippen LogP contribution in [0.15, 0.2) is 47.4 Å². The number of methoxy groups -OCH3 is 1. The molecule has 0 aliphatic heterocycles. The van der Waals surface area contributed by atoms with E-state index in [0.717, 1.165) is 40.5 Å². The molecule has 0 N–H and O–H groups in total. The number of ether oxygens (including phenoxy) is 2. The van der Waals surface area contributed by atoms with E-state index in [0.29, 0.717) is 12.4 Å². The van der Waals surface area contributed by atoms with Crippen molar-refractivity contribution in [1.29, 1.82) is 0 Å². The van der Waals surface area contributed by atoms with Crippen molar-refractivity contribution in [3.8, 4) is 11.5 Å². The highest BCUT2D eigenvalue weighted by Gasteiger charge is 2.29. The van der Waals surface area contributed by atoms with Gasteiger partial charge in [0, 0.05) is 10.6 Å². The lowest BCUT2D eigenvalue weighted by molar-refractivity contribution is -0.137. The largest absolute Gasteiger partial charge is 0.496 e. The Kier molecular flexibility index (Phi) is 6.43. The molecule has 0 saturated heterocycles. The lowest BCUT2D eigenvalue weighted by Crippen LogP contribution is -2.05. The van der Waals surface area contributed by atoms with Gasteiger partial charge in [0.25, 0.3) is 0 Å². The maximum absolute atomic E-state index is 12.5. The Labute approximate surface area is 144 Å². The Morgan fingerprint density at radius 3 is 2.33 bits per heavy atom. The van der Waals surface area contributed by atoms with Crippen LogP contribution in [0.2, 0.25) is 0 Å². The minimum atomic E-state index is -4.31. The van der Waals surface area contributed by atoms with E-state index in [9.17, 15) is 13.2 Å². The molecule has 6 heteroatoms. The molecule has 0 atom stereocenters. The third-order valence-electron chi connectivity index (χ3n) is 3.37. The number of thioether (sulfide) groups is 1. The fourth-order valence-electron chi connectivity index (χ4n) is 2.12. The average Bonchev–Trinajstić information content (AvgIpc) is 2.54. The number of alkyl halides is 3. The first-order valence-corrected chi connectivity index (χ1v) is 8.46. The Bertz CT molecular complexity index is 654. The molecule has 0 saturated carbocycles. The SMILES string of the molecule is COc1ccc(SCCCOc2ccc(C(F)(F)F)cc2)cc1C. The molecule has 2 aromatic rings. The van der Waals surface area contributed by atoms with E-state index in [1.807, 2.05) is 19.1 Å². The van der Waals surface area contributed by atoms with Gasteiger partial charge in [-0.3, -0.25) is 0 Å². The number of hydrogen-bond acceptors (Lipinski definition) is 3. The molecule has 24 heavy (non-hydrogen) atoms. The molecule has 0 bridgehead atoms. The quantitative estimate of drug-likeness (QED) is 0.476. The normalized spacial score (nSPS) is 11.4. The van der Waals surface area contributed by atoms with Crippen LogP contribution in [0.25, 0.3) is 0 Å². The summed E-state index contributed by atoms with van der Waals surface area (Å²) in [6, 6.07) is 10.8. The van der Waals surface area contributed by atoms with Gasteiger partial charge in [0.15, 0.2) is 0 Å². The average molecular weight is 356 g/mol. The minimum Gasteiger partial charge on any atom is -0.496 e. The van der Waals surface area contributed by atoms with Gasteiger partial charge >= 0.3 is 6.18 Å². The van der Waals surface area contributed by atoms with Crippen molar-refractivity contribution in [3.05, 3.63) is 53.6 Å². The topological polar surface area (TPSA) is 18.5 Å². The van der Waals surface area contributed by atoms with Crippen molar-refractivity contribution in [2.75, 3.05) is 19.5 Å². The molecule has 0 heterocycles. The Hall–Kier alpha value is -1.82. The van der Waals surface area contributed by atoms with E-state index >= 15 is 0 Å². The van der Waals surface area contributed by atoms with Crippen molar-refractivity contribution in [2.24, 2.45) is 0 Å². The Morgan fingerprint density at radius 1 is 1.04 bits per heavy atom. The van der Waals surface area contributed by atoms with Gasteiger partial charge in [-0.1, -0.05) is 0 Å². The lowest BCUT2D eigenvalue weighted by Gasteiger charge is -2.09. The van der Waals surface area contributed by atoms with Gasteiger partial charge in [0.05, 0.1) is 19.3 Å². The first-order valence-electron chi connectivity index (χ1n) is 7.47. The summed E-state index contributed by atoms with van der Waals surface area (Å²) in [4.78, 5) is 1.16. The third-order valence-corrected chi connectivity index (χ3v) is 4.45. The van der Waals surface area contributed by atoms with Crippen LogP contribution in [0.3, 0.4) is 0 Å². The molecule has 0 fully saturated rings. The van der Waals surface area contributed by atoms with Crippen LogP contribution in [0.5, 0.6) is 11.5 Å². The van der Waals surface area contributed by atoms with Crippen molar-refractivity contribution < 1.29 is 22.6 Å². The fraction of sp³-hybridized carbons (Fsp3) is 0.333. The van der Waals surface area contributed by atoms with Crippen LogP contribution in [0.4, 0.5) is 13.2 Å². The molecule has 0 aliphatic carbocycles. The summed E-state index contributed by atoms with van der Waals surface area (Å²) >= 11 is 1.71. The molecular weight excluding hydrogens is 337 g/mol. The maximum Gasteiger partial charge on any atom is 0.416 e. The Balaban J connectivity index is 1.72. The molecule has 0 spiro atoms. The van der Waals surface area contributed by atoms with Crippen LogP contribution in [-0.2, 0) is 6.18 Å². The van der Waals surface area contributed by atoms with E-state index in [2.05, 4.69) is 6.07 Å². The third kappa shape index (κ3) is 5.37.